The van der Waals surface area contributed by atoms with Gasteiger partial charge in [0.2, 0.25) is 0 Å². The van der Waals surface area contributed by atoms with Crippen molar-refractivity contribution in [3.63, 3.8) is 0 Å². The Labute approximate surface area is 234 Å². The first kappa shape index (κ1) is 26.8. The zero-order valence-electron chi connectivity index (χ0n) is 22.1. The van der Waals surface area contributed by atoms with Crippen LogP contribution >= 0.6 is 0 Å². The first-order valence-corrected chi connectivity index (χ1v) is 13.4. The number of hydrogen-bond acceptors (Lipinski definition) is 5. The van der Waals surface area contributed by atoms with Crippen molar-refractivity contribution in [1.82, 2.24) is 0 Å². The molecule has 0 aliphatic heterocycles. The lowest BCUT2D eigenvalue weighted by Crippen LogP contribution is -2.37. The van der Waals surface area contributed by atoms with Crippen molar-refractivity contribution >= 4 is 23.4 Å². The van der Waals surface area contributed by atoms with Gasteiger partial charge in [-0.2, -0.15) is 0 Å². The van der Waals surface area contributed by atoms with Crippen molar-refractivity contribution < 1.29 is 23.9 Å². The fourth-order valence-corrected chi connectivity index (χ4v) is 4.86. The molecule has 0 bridgehead atoms. The van der Waals surface area contributed by atoms with E-state index in [0.29, 0.717) is 30.3 Å². The van der Waals surface area contributed by atoms with Crippen LogP contribution in [0.15, 0.2) is 115 Å². The van der Waals surface area contributed by atoms with E-state index in [-0.39, 0.29) is 30.3 Å². The Morgan fingerprint density at radius 1 is 0.675 bits per heavy atom. The molecular weight excluding hydrogens is 500 g/mol. The maximum Gasteiger partial charge on any atom is 0.173 e. The van der Waals surface area contributed by atoms with E-state index >= 15 is 0 Å². The van der Waals surface area contributed by atoms with Crippen LogP contribution in [0.2, 0.25) is 0 Å². The predicted octanol–water partition coefficient (Wildman–Crippen LogP) is 6.76. The summed E-state index contributed by atoms with van der Waals surface area (Å²) in [6, 6.07) is 34.6. The monoisotopic (exact) mass is 530 g/mol. The van der Waals surface area contributed by atoms with Gasteiger partial charge in [0.15, 0.2) is 28.8 Å². The molecule has 5 heteroatoms. The van der Waals surface area contributed by atoms with Crippen molar-refractivity contribution in [2.75, 3.05) is 0 Å². The number of Topliss-reactive ketones (excluding diaryl/α,β-unsaturated/α-hetero) is 2. The normalized spacial score (nSPS) is 17.1. The molecule has 0 aromatic heterocycles. The van der Waals surface area contributed by atoms with Crippen molar-refractivity contribution in [2.24, 2.45) is 5.92 Å². The summed E-state index contributed by atoms with van der Waals surface area (Å²) in [5, 5.41) is 0. The van der Waals surface area contributed by atoms with E-state index in [1.54, 1.807) is 18.2 Å². The predicted molar refractivity (Wildman–Crippen MR) is 154 cm³/mol. The molecule has 0 atom stereocenters. The Morgan fingerprint density at radius 2 is 1.20 bits per heavy atom. The lowest BCUT2D eigenvalue weighted by Gasteiger charge is -2.25. The number of carbonyl (C=O) groups is 3. The van der Waals surface area contributed by atoms with E-state index in [2.05, 4.69) is 0 Å². The number of carbonyl (C=O) groups excluding carboxylic acids is 3. The second kappa shape index (κ2) is 12.9. The SMILES string of the molecule is O=C(C=Cc1ccc(OCc2ccccc2)c(OCc2ccccc2)c1)C1C(=O)CC(c2ccccc2)CC1=O. The first-order valence-electron chi connectivity index (χ1n) is 13.4. The highest BCUT2D eigenvalue weighted by atomic mass is 16.5. The standard InChI is InChI=1S/C35H30O5/c36-30(35-31(37)21-29(22-32(35)38)28-14-8-3-9-15-28)18-16-25-17-19-33(39-23-26-10-4-1-5-11-26)34(20-25)40-24-27-12-6-2-7-13-27/h1-20,29,35H,21-24H2. The minimum Gasteiger partial charge on any atom is -0.485 e. The molecule has 1 saturated carbocycles. The third kappa shape index (κ3) is 6.80. The molecule has 200 valence electrons. The van der Waals surface area contributed by atoms with E-state index < -0.39 is 11.7 Å². The van der Waals surface area contributed by atoms with Crippen LogP contribution in [0.3, 0.4) is 0 Å². The Kier molecular flexibility index (Phi) is 8.62. The second-order valence-corrected chi connectivity index (χ2v) is 9.87. The Bertz CT molecular complexity index is 1480. The zero-order valence-corrected chi connectivity index (χ0v) is 22.1. The summed E-state index contributed by atoms with van der Waals surface area (Å²) in [7, 11) is 0. The van der Waals surface area contributed by atoms with Crippen molar-refractivity contribution in [2.45, 2.75) is 32.0 Å². The number of allylic oxidation sites excluding steroid dienone is 1. The molecule has 4 aromatic rings. The fourth-order valence-electron chi connectivity index (χ4n) is 4.86. The molecule has 1 fully saturated rings. The summed E-state index contributed by atoms with van der Waals surface area (Å²) in [6.07, 6.45) is 3.31. The molecule has 1 aliphatic carbocycles. The fraction of sp³-hybridized carbons (Fsp3) is 0.171. The first-order chi connectivity index (χ1) is 19.6. The quantitative estimate of drug-likeness (QED) is 0.167. The lowest BCUT2D eigenvalue weighted by atomic mass is 9.75. The Hall–Kier alpha value is -4.77. The number of hydrogen-bond donors (Lipinski definition) is 0. The van der Waals surface area contributed by atoms with Crippen LogP contribution in [-0.2, 0) is 27.6 Å². The number of benzene rings is 4. The van der Waals surface area contributed by atoms with Crippen LogP contribution in [0.4, 0.5) is 0 Å². The summed E-state index contributed by atoms with van der Waals surface area (Å²) >= 11 is 0. The highest BCUT2D eigenvalue weighted by Crippen LogP contribution is 2.33. The minimum absolute atomic E-state index is 0.179. The lowest BCUT2D eigenvalue weighted by molar-refractivity contribution is -0.140. The number of rotatable bonds is 10. The molecule has 5 rings (SSSR count). The number of ketones is 3. The maximum atomic E-state index is 13.0. The molecular formula is C35H30O5. The van der Waals surface area contributed by atoms with Crippen LogP contribution in [0.5, 0.6) is 11.5 Å². The van der Waals surface area contributed by atoms with E-state index in [4.69, 9.17) is 9.47 Å². The van der Waals surface area contributed by atoms with Crippen LogP contribution in [-0.4, -0.2) is 17.3 Å². The van der Waals surface area contributed by atoms with E-state index in [0.717, 1.165) is 16.7 Å². The molecule has 5 nitrogen and oxygen atoms in total. The van der Waals surface area contributed by atoms with Gasteiger partial charge in [-0.05, 0) is 46.4 Å². The van der Waals surface area contributed by atoms with Crippen LogP contribution in [0, 0.1) is 5.92 Å². The topological polar surface area (TPSA) is 69.7 Å². The van der Waals surface area contributed by atoms with Crippen LogP contribution in [0.25, 0.3) is 6.08 Å². The summed E-state index contributed by atoms with van der Waals surface area (Å²) < 4.78 is 12.2. The van der Waals surface area contributed by atoms with Crippen molar-refractivity contribution in [3.8, 4) is 11.5 Å². The molecule has 0 saturated heterocycles. The Morgan fingerprint density at radius 3 is 1.77 bits per heavy atom. The van der Waals surface area contributed by atoms with Crippen molar-refractivity contribution in [1.29, 1.82) is 0 Å². The third-order valence-corrected chi connectivity index (χ3v) is 6.98. The van der Waals surface area contributed by atoms with Gasteiger partial charge in [-0.15, -0.1) is 0 Å². The van der Waals surface area contributed by atoms with Gasteiger partial charge in [0.1, 0.15) is 19.1 Å². The average molecular weight is 531 g/mol. The van der Waals surface area contributed by atoms with Crippen LogP contribution < -0.4 is 9.47 Å². The van der Waals surface area contributed by atoms with Gasteiger partial charge in [-0.1, -0.05) is 103 Å². The van der Waals surface area contributed by atoms with Gasteiger partial charge >= 0.3 is 0 Å². The molecule has 0 spiro atoms. The van der Waals surface area contributed by atoms with Gasteiger partial charge in [0.05, 0.1) is 0 Å². The summed E-state index contributed by atoms with van der Waals surface area (Å²) in [6.45, 7) is 0.731. The van der Waals surface area contributed by atoms with Gasteiger partial charge in [0, 0.05) is 12.8 Å². The summed E-state index contributed by atoms with van der Waals surface area (Å²) in [5.41, 5.74) is 3.68. The molecule has 4 aromatic carbocycles. The highest BCUT2D eigenvalue weighted by Gasteiger charge is 2.39. The maximum absolute atomic E-state index is 13.0. The van der Waals surface area contributed by atoms with E-state index in [1.165, 1.54) is 6.08 Å². The highest BCUT2D eigenvalue weighted by molar-refractivity contribution is 6.24. The largest absolute Gasteiger partial charge is 0.485 e. The molecule has 0 N–H and O–H groups in total. The molecule has 0 unspecified atom stereocenters. The number of ether oxygens (including phenoxy) is 2. The van der Waals surface area contributed by atoms with Gasteiger partial charge in [0.25, 0.3) is 0 Å². The van der Waals surface area contributed by atoms with E-state index in [1.807, 2.05) is 97.1 Å². The molecule has 0 amide bonds. The van der Waals surface area contributed by atoms with Gasteiger partial charge in [-0.3, -0.25) is 14.4 Å². The zero-order chi connectivity index (χ0) is 27.7. The van der Waals surface area contributed by atoms with Crippen molar-refractivity contribution in [3.05, 3.63) is 138 Å². The minimum atomic E-state index is -1.24. The summed E-state index contributed by atoms with van der Waals surface area (Å²) in [4.78, 5) is 38.6. The second-order valence-electron chi connectivity index (χ2n) is 9.87. The molecule has 0 radical (unpaired) electrons. The van der Waals surface area contributed by atoms with Gasteiger partial charge < -0.3 is 9.47 Å². The molecule has 0 heterocycles. The summed E-state index contributed by atoms with van der Waals surface area (Å²) in [5.74, 6) is -1.44. The average Bonchev–Trinajstić information content (AvgIpc) is 2.99. The van der Waals surface area contributed by atoms with E-state index in [9.17, 15) is 14.4 Å². The third-order valence-electron chi connectivity index (χ3n) is 6.98. The molecule has 1 aliphatic rings. The molecule has 40 heavy (non-hydrogen) atoms. The van der Waals surface area contributed by atoms with Crippen LogP contribution in [0.1, 0.15) is 41.0 Å². The van der Waals surface area contributed by atoms with Gasteiger partial charge in [-0.25, -0.2) is 0 Å². The Balaban J connectivity index is 1.29. The smallest absolute Gasteiger partial charge is 0.173 e.